The van der Waals surface area contributed by atoms with Gasteiger partial charge in [0.15, 0.2) is 0 Å². The van der Waals surface area contributed by atoms with Gasteiger partial charge >= 0.3 is 0 Å². The SMILES string of the molecule is CC(O)c1nc(-c2cc(F)c(C(=O)NCc3ccc(C#N)cc3)cc2O)no1. The quantitative estimate of drug-likeness (QED) is 0.617. The molecule has 8 nitrogen and oxygen atoms in total. The lowest BCUT2D eigenvalue weighted by atomic mass is 10.1. The van der Waals surface area contributed by atoms with Gasteiger partial charge < -0.3 is 20.1 Å². The van der Waals surface area contributed by atoms with Crippen molar-refractivity contribution in [2.45, 2.75) is 19.6 Å². The molecule has 3 rings (SSSR count). The van der Waals surface area contributed by atoms with Crippen LogP contribution in [0.4, 0.5) is 4.39 Å². The van der Waals surface area contributed by atoms with Crippen molar-refractivity contribution in [3.05, 3.63) is 64.8 Å². The summed E-state index contributed by atoms with van der Waals surface area (Å²) in [6, 6.07) is 10.4. The Morgan fingerprint density at radius 2 is 2.07 bits per heavy atom. The van der Waals surface area contributed by atoms with Crippen LogP contribution in [-0.4, -0.2) is 26.3 Å². The van der Waals surface area contributed by atoms with Crippen LogP contribution in [-0.2, 0) is 6.54 Å². The van der Waals surface area contributed by atoms with Crippen LogP contribution in [0.2, 0.25) is 0 Å². The second kappa shape index (κ2) is 7.85. The Hall–Kier alpha value is -3.77. The Labute approximate surface area is 158 Å². The number of aliphatic hydroxyl groups excluding tert-OH is 1. The fraction of sp³-hybridized carbons (Fsp3) is 0.158. The lowest BCUT2D eigenvalue weighted by molar-refractivity contribution is 0.0946. The monoisotopic (exact) mass is 382 g/mol. The Balaban J connectivity index is 1.77. The van der Waals surface area contributed by atoms with Gasteiger partial charge in [0.05, 0.1) is 22.8 Å². The standard InChI is InChI=1S/C19H15FN4O4/c1-10(25)19-23-17(24-28-19)14-6-15(20)13(7-16(14)26)18(27)22-9-12-4-2-11(8-21)3-5-12/h2-7,10,25-26H,9H2,1H3,(H,22,27). The van der Waals surface area contributed by atoms with Crippen molar-refractivity contribution >= 4 is 5.91 Å². The minimum Gasteiger partial charge on any atom is -0.507 e. The van der Waals surface area contributed by atoms with Crippen molar-refractivity contribution in [1.82, 2.24) is 15.5 Å². The highest BCUT2D eigenvalue weighted by molar-refractivity contribution is 5.95. The average molecular weight is 382 g/mol. The Morgan fingerprint density at radius 1 is 1.36 bits per heavy atom. The maximum absolute atomic E-state index is 14.4. The van der Waals surface area contributed by atoms with Crippen molar-refractivity contribution < 1.29 is 23.9 Å². The van der Waals surface area contributed by atoms with E-state index in [1.807, 2.05) is 6.07 Å². The minimum absolute atomic E-state index is 0.0724. The topological polar surface area (TPSA) is 132 Å². The molecule has 0 aliphatic carbocycles. The highest BCUT2D eigenvalue weighted by Crippen LogP contribution is 2.30. The summed E-state index contributed by atoms with van der Waals surface area (Å²) in [4.78, 5) is 16.1. The van der Waals surface area contributed by atoms with E-state index in [4.69, 9.17) is 9.78 Å². The number of nitrogens with zero attached hydrogens (tertiary/aromatic N) is 3. The predicted molar refractivity (Wildman–Crippen MR) is 94.3 cm³/mol. The van der Waals surface area contributed by atoms with E-state index < -0.39 is 23.6 Å². The first-order valence-corrected chi connectivity index (χ1v) is 8.21. The molecule has 1 atom stereocenters. The second-order valence-electron chi connectivity index (χ2n) is 5.97. The van der Waals surface area contributed by atoms with Gasteiger partial charge in [0.25, 0.3) is 11.8 Å². The Bertz CT molecular complexity index is 1050. The Morgan fingerprint density at radius 3 is 2.68 bits per heavy atom. The molecule has 0 aliphatic heterocycles. The summed E-state index contributed by atoms with van der Waals surface area (Å²) in [5.41, 5.74) is 0.791. The number of halogens is 1. The number of benzene rings is 2. The molecular formula is C19H15FN4O4. The summed E-state index contributed by atoms with van der Waals surface area (Å²) >= 11 is 0. The summed E-state index contributed by atoms with van der Waals surface area (Å²) in [5.74, 6) is -2.21. The van der Waals surface area contributed by atoms with Gasteiger partial charge in [-0.15, -0.1) is 0 Å². The van der Waals surface area contributed by atoms with E-state index in [0.717, 1.165) is 17.7 Å². The Kier molecular flexibility index (Phi) is 5.33. The third-order valence-electron chi connectivity index (χ3n) is 3.91. The molecule has 0 fully saturated rings. The molecule has 1 amide bonds. The molecule has 28 heavy (non-hydrogen) atoms. The molecule has 2 aromatic carbocycles. The summed E-state index contributed by atoms with van der Waals surface area (Å²) < 4.78 is 19.2. The largest absolute Gasteiger partial charge is 0.507 e. The number of rotatable bonds is 5. The zero-order chi connectivity index (χ0) is 20.3. The maximum Gasteiger partial charge on any atom is 0.255 e. The number of carbonyl (C=O) groups is 1. The highest BCUT2D eigenvalue weighted by Gasteiger charge is 2.20. The molecule has 1 unspecified atom stereocenters. The molecule has 0 bridgehead atoms. The normalized spacial score (nSPS) is 11.6. The van der Waals surface area contributed by atoms with Crippen molar-refractivity contribution in [3.63, 3.8) is 0 Å². The number of aliphatic hydroxyl groups is 1. The first-order chi connectivity index (χ1) is 13.4. The molecule has 1 aromatic heterocycles. The van der Waals surface area contributed by atoms with E-state index in [1.54, 1.807) is 24.3 Å². The summed E-state index contributed by atoms with van der Waals surface area (Å²) in [7, 11) is 0. The lowest BCUT2D eigenvalue weighted by Crippen LogP contribution is -2.23. The highest BCUT2D eigenvalue weighted by atomic mass is 19.1. The third kappa shape index (κ3) is 3.97. The van der Waals surface area contributed by atoms with Gasteiger partial charge in [-0.1, -0.05) is 17.3 Å². The van der Waals surface area contributed by atoms with Gasteiger partial charge in [0.2, 0.25) is 5.82 Å². The second-order valence-corrected chi connectivity index (χ2v) is 5.97. The van der Waals surface area contributed by atoms with E-state index >= 15 is 0 Å². The zero-order valence-electron chi connectivity index (χ0n) is 14.7. The van der Waals surface area contributed by atoms with Crippen LogP contribution in [0.5, 0.6) is 5.75 Å². The third-order valence-corrected chi connectivity index (χ3v) is 3.91. The van der Waals surface area contributed by atoms with Crippen molar-refractivity contribution in [1.29, 1.82) is 5.26 Å². The number of hydrogen-bond acceptors (Lipinski definition) is 7. The fourth-order valence-corrected chi connectivity index (χ4v) is 2.40. The smallest absolute Gasteiger partial charge is 0.255 e. The first kappa shape index (κ1) is 19.0. The minimum atomic E-state index is -1.01. The molecule has 9 heteroatoms. The van der Waals surface area contributed by atoms with Gasteiger partial charge in [-0.2, -0.15) is 10.2 Å². The number of carbonyl (C=O) groups excluding carboxylic acids is 1. The van der Waals surface area contributed by atoms with E-state index in [2.05, 4.69) is 15.5 Å². The van der Waals surface area contributed by atoms with Gasteiger partial charge in [0.1, 0.15) is 17.7 Å². The molecule has 142 valence electrons. The summed E-state index contributed by atoms with van der Waals surface area (Å²) in [5, 5.41) is 34.4. The van der Waals surface area contributed by atoms with E-state index in [1.165, 1.54) is 6.92 Å². The molecular weight excluding hydrogens is 367 g/mol. The fourth-order valence-electron chi connectivity index (χ4n) is 2.40. The van der Waals surface area contributed by atoms with Crippen molar-refractivity contribution in [2.75, 3.05) is 0 Å². The van der Waals surface area contributed by atoms with Crippen LogP contribution in [0, 0.1) is 17.1 Å². The summed E-state index contributed by atoms with van der Waals surface area (Å²) in [6.45, 7) is 1.54. The van der Waals surface area contributed by atoms with E-state index in [-0.39, 0.29) is 29.4 Å². The molecule has 3 N–H and O–H groups in total. The van der Waals surface area contributed by atoms with Gasteiger partial charge in [-0.3, -0.25) is 4.79 Å². The predicted octanol–water partition coefficient (Wildman–Crippen LogP) is 2.44. The van der Waals surface area contributed by atoms with Crippen molar-refractivity contribution in [3.8, 4) is 23.2 Å². The van der Waals surface area contributed by atoms with E-state index in [9.17, 15) is 19.4 Å². The van der Waals surface area contributed by atoms with Gasteiger partial charge in [0, 0.05) is 6.54 Å². The van der Waals surface area contributed by atoms with Crippen LogP contribution in [0.15, 0.2) is 40.9 Å². The molecule has 1 heterocycles. The van der Waals surface area contributed by atoms with Gasteiger partial charge in [-0.25, -0.2) is 4.39 Å². The first-order valence-electron chi connectivity index (χ1n) is 8.21. The number of aromatic hydroxyl groups is 1. The maximum atomic E-state index is 14.4. The van der Waals surface area contributed by atoms with Crippen LogP contribution in [0.1, 0.15) is 40.4 Å². The average Bonchev–Trinajstić information content (AvgIpc) is 3.18. The number of aromatic nitrogens is 2. The number of nitriles is 1. The number of hydrogen-bond donors (Lipinski definition) is 3. The summed E-state index contributed by atoms with van der Waals surface area (Å²) in [6.07, 6.45) is -1.01. The molecule has 0 saturated heterocycles. The molecule has 0 radical (unpaired) electrons. The molecule has 3 aromatic rings. The van der Waals surface area contributed by atoms with Crippen LogP contribution in [0.3, 0.4) is 0 Å². The van der Waals surface area contributed by atoms with Crippen LogP contribution < -0.4 is 5.32 Å². The van der Waals surface area contributed by atoms with Crippen molar-refractivity contribution in [2.24, 2.45) is 0 Å². The number of phenolic OH excluding ortho intramolecular Hbond substituents is 1. The molecule has 0 aliphatic rings. The lowest BCUT2D eigenvalue weighted by Gasteiger charge is -2.08. The number of amides is 1. The number of nitrogens with one attached hydrogen (secondary N) is 1. The van der Waals surface area contributed by atoms with Gasteiger partial charge in [-0.05, 0) is 36.8 Å². The van der Waals surface area contributed by atoms with Crippen LogP contribution >= 0.6 is 0 Å². The van der Waals surface area contributed by atoms with E-state index in [0.29, 0.717) is 5.56 Å². The molecule has 0 saturated carbocycles. The molecule has 0 spiro atoms. The van der Waals surface area contributed by atoms with Crippen LogP contribution in [0.25, 0.3) is 11.4 Å². The number of phenols is 1. The zero-order valence-corrected chi connectivity index (χ0v) is 14.7.